The van der Waals surface area contributed by atoms with Crippen molar-refractivity contribution < 1.29 is 19.5 Å². The van der Waals surface area contributed by atoms with Gasteiger partial charge in [0.1, 0.15) is 11.9 Å². The Morgan fingerprint density at radius 2 is 1.94 bits per heavy atom. The zero-order valence-corrected chi connectivity index (χ0v) is 21.3. The van der Waals surface area contributed by atoms with Crippen molar-refractivity contribution in [2.24, 2.45) is 5.41 Å². The summed E-state index contributed by atoms with van der Waals surface area (Å²) in [7, 11) is 0. The number of hydrogen-bond acceptors (Lipinski definition) is 5. The average Bonchev–Trinajstić information content (AvgIpc) is 3.53. The van der Waals surface area contributed by atoms with E-state index < -0.39 is 35.3 Å². The fourth-order valence-electron chi connectivity index (χ4n) is 4.63. The van der Waals surface area contributed by atoms with Crippen LogP contribution in [-0.2, 0) is 9.59 Å². The molecule has 0 saturated carbocycles. The molecule has 3 rings (SSSR count). The van der Waals surface area contributed by atoms with E-state index in [4.69, 9.17) is 0 Å². The third-order valence-corrected chi connectivity index (χ3v) is 7.07. The molecule has 186 valence electrons. The van der Waals surface area contributed by atoms with Crippen LogP contribution in [0.2, 0.25) is 0 Å². The molecule has 0 saturated heterocycles. The molecule has 0 aliphatic heterocycles. The summed E-state index contributed by atoms with van der Waals surface area (Å²) < 4.78 is 0. The van der Waals surface area contributed by atoms with E-state index in [9.17, 15) is 19.5 Å². The van der Waals surface area contributed by atoms with Crippen molar-refractivity contribution in [1.29, 1.82) is 0 Å². The second kappa shape index (κ2) is 11.3. The lowest BCUT2D eigenvalue weighted by atomic mass is 9.76. The van der Waals surface area contributed by atoms with Crippen molar-refractivity contribution in [3.63, 3.8) is 0 Å². The smallest absolute Gasteiger partial charge is 0.408 e. The summed E-state index contributed by atoms with van der Waals surface area (Å²) >= 11 is 1.60. The molecule has 2 amide bonds. The number of anilines is 1. The number of amides is 2. The van der Waals surface area contributed by atoms with E-state index in [0.717, 1.165) is 22.4 Å². The molecule has 0 aliphatic rings. The van der Waals surface area contributed by atoms with Crippen LogP contribution in [0.5, 0.6) is 0 Å². The lowest BCUT2D eigenvalue weighted by Crippen LogP contribution is -2.56. The van der Waals surface area contributed by atoms with Gasteiger partial charge in [-0.3, -0.25) is 19.6 Å². The lowest BCUT2D eigenvalue weighted by Gasteiger charge is -2.43. The van der Waals surface area contributed by atoms with Crippen LogP contribution in [-0.4, -0.2) is 44.0 Å². The molecule has 0 unspecified atom stereocenters. The largest absolute Gasteiger partial charge is 0.465 e. The van der Waals surface area contributed by atoms with Crippen LogP contribution >= 0.6 is 11.3 Å². The van der Waals surface area contributed by atoms with Gasteiger partial charge in [0.2, 0.25) is 5.78 Å². The first-order valence-corrected chi connectivity index (χ1v) is 12.6. The molecule has 2 heterocycles. The maximum absolute atomic E-state index is 13.6. The number of Topliss-reactive ketones (excluding diaryl/α,β-unsaturated/α-hetero) is 1. The minimum Gasteiger partial charge on any atom is -0.465 e. The number of nitrogens with zero attached hydrogens (tertiary/aromatic N) is 2. The van der Waals surface area contributed by atoms with Gasteiger partial charge in [-0.25, -0.2) is 4.79 Å². The highest BCUT2D eigenvalue weighted by Gasteiger charge is 2.46. The van der Waals surface area contributed by atoms with E-state index in [-0.39, 0.29) is 5.82 Å². The number of carbonyl (C=O) groups excluding carboxylic acids is 2. The van der Waals surface area contributed by atoms with Crippen molar-refractivity contribution in [3.8, 4) is 10.4 Å². The van der Waals surface area contributed by atoms with Gasteiger partial charge in [0.05, 0.1) is 12.2 Å². The van der Waals surface area contributed by atoms with E-state index in [1.807, 2.05) is 69.5 Å². The standard InChI is InChI=1S/C26H32N4O4S/c1-5-13-26(3,4)23(22(31)24(32)28-21-12-14-27-29-21)30(25(33)34)19(6-2)17-9-7-10-18(16-17)20-11-8-15-35-20/h7-12,14-16,19,23H,5-6,13H2,1-4H3,(H,33,34)(H2,27,28,29,32)/t19-,23-/m1/s1. The van der Waals surface area contributed by atoms with E-state index in [1.54, 1.807) is 11.3 Å². The van der Waals surface area contributed by atoms with Crippen LogP contribution in [0.1, 0.15) is 58.6 Å². The predicted octanol–water partition coefficient (Wildman–Crippen LogP) is 5.97. The van der Waals surface area contributed by atoms with E-state index in [0.29, 0.717) is 12.8 Å². The first-order chi connectivity index (χ1) is 16.7. The molecule has 3 N–H and O–H groups in total. The van der Waals surface area contributed by atoms with Gasteiger partial charge < -0.3 is 10.4 Å². The first kappa shape index (κ1) is 26.2. The summed E-state index contributed by atoms with van der Waals surface area (Å²) in [6.07, 6.45) is 1.95. The molecule has 0 bridgehead atoms. The monoisotopic (exact) mass is 496 g/mol. The highest BCUT2D eigenvalue weighted by atomic mass is 32.1. The van der Waals surface area contributed by atoms with Gasteiger partial charge in [0.25, 0.3) is 5.91 Å². The number of benzene rings is 1. The molecule has 0 aliphatic carbocycles. The van der Waals surface area contributed by atoms with Gasteiger partial charge in [-0.2, -0.15) is 5.10 Å². The Morgan fingerprint density at radius 3 is 2.51 bits per heavy atom. The number of nitrogens with one attached hydrogen (secondary N) is 2. The first-order valence-electron chi connectivity index (χ1n) is 11.7. The molecular formula is C26H32N4O4S. The number of aromatic amines is 1. The van der Waals surface area contributed by atoms with Gasteiger partial charge in [0.15, 0.2) is 0 Å². The number of carboxylic acid groups (broad SMARTS) is 1. The summed E-state index contributed by atoms with van der Waals surface area (Å²) in [5.74, 6) is -1.40. The Balaban J connectivity index is 2.05. The third kappa shape index (κ3) is 5.97. The zero-order valence-electron chi connectivity index (χ0n) is 20.4. The fourth-order valence-corrected chi connectivity index (χ4v) is 5.36. The van der Waals surface area contributed by atoms with Crippen molar-refractivity contribution in [2.75, 3.05) is 5.32 Å². The van der Waals surface area contributed by atoms with Crippen LogP contribution < -0.4 is 5.32 Å². The molecule has 35 heavy (non-hydrogen) atoms. The summed E-state index contributed by atoms with van der Waals surface area (Å²) in [4.78, 5) is 41.6. The summed E-state index contributed by atoms with van der Waals surface area (Å²) in [6, 6.07) is 11.4. The predicted molar refractivity (Wildman–Crippen MR) is 137 cm³/mol. The quantitative estimate of drug-likeness (QED) is 0.283. The number of thiophene rings is 1. The number of carbonyl (C=O) groups is 3. The minimum absolute atomic E-state index is 0.271. The van der Waals surface area contributed by atoms with Gasteiger partial charge in [-0.15, -0.1) is 11.3 Å². The number of rotatable bonds is 11. The van der Waals surface area contributed by atoms with Gasteiger partial charge in [-0.1, -0.05) is 58.4 Å². The Labute approximate surface area is 209 Å². The Hall–Kier alpha value is -3.46. The van der Waals surface area contributed by atoms with Crippen LogP contribution in [0, 0.1) is 5.41 Å². The summed E-state index contributed by atoms with van der Waals surface area (Å²) in [6.45, 7) is 7.54. The second-order valence-electron chi connectivity index (χ2n) is 9.15. The van der Waals surface area contributed by atoms with Gasteiger partial charge >= 0.3 is 6.09 Å². The van der Waals surface area contributed by atoms with Gasteiger partial charge in [-0.05, 0) is 46.9 Å². The summed E-state index contributed by atoms with van der Waals surface area (Å²) in [5, 5.41) is 21.3. The molecule has 2 atom stereocenters. The molecule has 0 fully saturated rings. The molecule has 2 aromatic heterocycles. The number of aromatic nitrogens is 2. The maximum atomic E-state index is 13.6. The van der Waals surface area contributed by atoms with Crippen molar-refractivity contribution >= 4 is 34.9 Å². The van der Waals surface area contributed by atoms with E-state index >= 15 is 0 Å². The molecule has 0 spiro atoms. The highest BCUT2D eigenvalue weighted by Crippen LogP contribution is 2.38. The Bertz CT molecular complexity index is 1140. The normalized spacial score (nSPS) is 13.1. The Kier molecular flexibility index (Phi) is 8.45. The van der Waals surface area contributed by atoms with Crippen molar-refractivity contribution in [3.05, 3.63) is 59.6 Å². The topological polar surface area (TPSA) is 115 Å². The van der Waals surface area contributed by atoms with Gasteiger partial charge in [0, 0.05) is 10.9 Å². The van der Waals surface area contributed by atoms with Crippen molar-refractivity contribution in [2.45, 2.75) is 59.0 Å². The third-order valence-electron chi connectivity index (χ3n) is 6.15. The SMILES string of the molecule is CCCC(C)(C)[C@@H](C(=O)C(=O)Nc1ccn[nH]1)N(C(=O)O)[C@H](CC)c1cccc(-c2cccs2)c1. The van der Waals surface area contributed by atoms with Crippen LogP contribution in [0.15, 0.2) is 54.0 Å². The zero-order chi connectivity index (χ0) is 25.6. The van der Waals surface area contributed by atoms with Crippen LogP contribution in [0.4, 0.5) is 10.6 Å². The summed E-state index contributed by atoms with van der Waals surface area (Å²) in [5.41, 5.74) is 0.975. The van der Waals surface area contributed by atoms with Crippen LogP contribution in [0.3, 0.4) is 0 Å². The van der Waals surface area contributed by atoms with Crippen molar-refractivity contribution in [1.82, 2.24) is 15.1 Å². The van der Waals surface area contributed by atoms with Crippen LogP contribution in [0.25, 0.3) is 10.4 Å². The van der Waals surface area contributed by atoms with E-state index in [1.165, 1.54) is 17.2 Å². The molecule has 8 nitrogen and oxygen atoms in total. The second-order valence-corrected chi connectivity index (χ2v) is 10.1. The number of ketones is 1. The molecule has 0 radical (unpaired) electrons. The number of H-pyrrole nitrogens is 1. The molecular weight excluding hydrogens is 464 g/mol. The lowest BCUT2D eigenvalue weighted by molar-refractivity contribution is -0.141. The van der Waals surface area contributed by atoms with E-state index in [2.05, 4.69) is 15.5 Å². The average molecular weight is 497 g/mol. The molecule has 9 heteroatoms. The highest BCUT2D eigenvalue weighted by molar-refractivity contribution is 7.13. The minimum atomic E-state index is -1.24. The molecule has 1 aromatic carbocycles. The Morgan fingerprint density at radius 1 is 1.17 bits per heavy atom. The fraction of sp³-hybridized carbons (Fsp3) is 0.385. The maximum Gasteiger partial charge on any atom is 0.408 e. The molecule has 3 aromatic rings. The number of hydrogen-bond donors (Lipinski definition) is 3.